The van der Waals surface area contributed by atoms with Gasteiger partial charge in [0.2, 0.25) is 0 Å². The van der Waals surface area contributed by atoms with Gasteiger partial charge < -0.3 is 4.90 Å². The Bertz CT molecular complexity index is 279. The van der Waals surface area contributed by atoms with Crippen LogP contribution < -0.4 is 23.8 Å². The summed E-state index contributed by atoms with van der Waals surface area (Å²) >= 11 is 0. The van der Waals surface area contributed by atoms with Crippen LogP contribution in [0.25, 0.3) is 0 Å². The fourth-order valence-corrected chi connectivity index (χ4v) is 0.871. The van der Waals surface area contributed by atoms with Crippen molar-refractivity contribution in [1.82, 2.24) is 0 Å². The number of benzene rings is 1. The second-order valence-electron chi connectivity index (χ2n) is 2.85. The van der Waals surface area contributed by atoms with E-state index in [4.69, 9.17) is 0 Å². The fraction of sp³-hybridized carbons (Fsp3) is 0.333. The molecule has 1 aromatic rings. The molecule has 0 saturated heterocycles. The zero-order valence-electron chi connectivity index (χ0n) is 8.31. The standard InChI is InChI=1S/C9H9F3N.Li/c1-13(2)8-5-3-7(4-6-8)9(10,11)12;/h3,5-6H,1-2H3;/q-1;+1. The second-order valence-corrected chi connectivity index (χ2v) is 2.85. The SMILES string of the molecule is CN(C)c1c[c-]c(C(F)(F)F)cc1.[Li+]. The van der Waals surface area contributed by atoms with Gasteiger partial charge >= 0.3 is 25.0 Å². The number of alkyl halides is 3. The number of halogens is 3. The van der Waals surface area contributed by atoms with E-state index in [1.165, 1.54) is 12.1 Å². The van der Waals surface area contributed by atoms with E-state index in [2.05, 4.69) is 6.07 Å². The van der Waals surface area contributed by atoms with Crippen molar-refractivity contribution in [3.8, 4) is 0 Å². The molecule has 0 atom stereocenters. The summed E-state index contributed by atoms with van der Waals surface area (Å²) in [6, 6.07) is 5.95. The molecule has 5 heteroatoms. The van der Waals surface area contributed by atoms with Crippen molar-refractivity contribution in [2.45, 2.75) is 6.18 Å². The zero-order valence-corrected chi connectivity index (χ0v) is 8.31. The van der Waals surface area contributed by atoms with Gasteiger partial charge in [-0.2, -0.15) is 31.4 Å². The topological polar surface area (TPSA) is 3.24 Å². The third-order valence-electron chi connectivity index (χ3n) is 1.62. The van der Waals surface area contributed by atoms with E-state index in [-0.39, 0.29) is 18.9 Å². The van der Waals surface area contributed by atoms with Gasteiger partial charge in [-0.05, 0) is 14.1 Å². The van der Waals surface area contributed by atoms with E-state index in [0.717, 1.165) is 6.07 Å². The molecular weight excluding hydrogens is 186 g/mol. The first kappa shape index (κ1) is 13.4. The van der Waals surface area contributed by atoms with Crippen LogP contribution in [0.5, 0.6) is 0 Å². The average molecular weight is 195 g/mol. The molecule has 0 radical (unpaired) electrons. The summed E-state index contributed by atoms with van der Waals surface area (Å²) in [6.45, 7) is 0. The molecule has 14 heavy (non-hydrogen) atoms. The van der Waals surface area contributed by atoms with Gasteiger partial charge in [-0.25, -0.2) is 0 Å². The van der Waals surface area contributed by atoms with Gasteiger partial charge in [0.15, 0.2) is 0 Å². The molecule has 72 valence electrons. The van der Waals surface area contributed by atoms with E-state index in [0.29, 0.717) is 5.69 Å². The quantitative estimate of drug-likeness (QED) is 0.434. The largest absolute Gasteiger partial charge is 1.00 e. The molecule has 0 saturated carbocycles. The predicted molar refractivity (Wildman–Crippen MR) is 44.6 cm³/mol. The molecule has 0 bridgehead atoms. The Labute approximate surface area is 93.1 Å². The van der Waals surface area contributed by atoms with Crippen LogP contribution in [-0.4, -0.2) is 14.1 Å². The minimum absolute atomic E-state index is 0. The van der Waals surface area contributed by atoms with E-state index >= 15 is 0 Å². The maximum Gasteiger partial charge on any atom is 1.00 e. The van der Waals surface area contributed by atoms with Crippen LogP contribution in [0.2, 0.25) is 0 Å². The molecule has 0 aliphatic heterocycles. The van der Waals surface area contributed by atoms with Crippen LogP contribution in [0.1, 0.15) is 5.56 Å². The first-order valence-corrected chi connectivity index (χ1v) is 3.67. The number of rotatable bonds is 1. The van der Waals surface area contributed by atoms with Crippen LogP contribution in [0.15, 0.2) is 18.2 Å². The Morgan fingerprint density at radius 1 is 1.21 bits per heavy atom. The van der Waals surface area contributed by atoms with Gasteiger partial charge in [-0.3, -0.25) is 0 Å². The third-order valence-corrected chi connectivity index (χ3v) is 1.62. The Balaban J connectivity index is 0.00000169. The molecule has 1 aromatic carbocycles. The molecule has 0 heterocycles. The minimum Gasteiger partial charge on any atom is -0.429 e. The van der Waals surface area contributed by atoms with Crippen LogP contribution in [0.3, 0.4) is 0 Å². The molecule has 0 aliphatic carbocycles. The maximum absolute atomic E-state index is 12.1. The summed E-state index contributed by atoms with van der Waals surface area (Å²) < 4.78 is 36.2. The van der Waals surface area contributed by atoms with Crippen molar-refractivity contribution in [3.63, 3.8) is 0 Å². The summed E-state index contributed by atoms with van der Waals surface area (Å²) in [7, 11) is 3.52. The minimum atomic E-state index is -4.30. The van der Waals surface area contributed by atoms with Crippen molar-refractivity contribution in [1.29, 1.82) is 0 Å². The summed E-state index contributed by atoms with van der Waals surface area (Å²) in [5.74, 6) is 0. The number of nitrogens with zero attached hydrogens (tertiary/aromatic N) is 1. The van der Waals surface area contributed by atoms with Gasteiger partial charge in [0.05, 0.1) is 0 Å². The smallest absolute Gasteiger partial charge is 0.429 e. The summed E-state index contributed by atoms with van der Waals surface area (Å²) in [6.07, 6.45) is -4.30. The molecule has 0 spiro atoms. The van der Waals surface area contributed by atoms with Crippen molar-refractivity contribution in [2.75, 3.05) is 19.0 Å². The number of anilines is 1. The van der Waals surface area contributed by atoms with E-state index < -0.39 is 11.7 Å². The Hall–Kier alpha value is -0.593. The van der Waals surface area contributed by atoms with Gasteiger partial charge in [0, 0.05) is 0 Å². The molecule has 0 aromatic heterocycles. The van der Waals surface area contributed by atoms with E-state index in [1.54, 1.807) is 19.0 Å². The Morgan fingerprint density at radius 3 is 2.07 bits per heavy atom. The zero-order chi connectivity index (χ0) is 10.1. The number of hydrogen-bond acceptors (Lipinski definition) is 1. The first-order chi connectivity index (χ1) is 5.91. The molecule has 0 N–H and O–H groups in total. The normalized spacial score (nSPS) is 10.6. The van der Waals surface area contributed by atoms with Gasteiger partial charge in [-0.1, -0.05) is 11.3 Å². The molecule has 1 nitrogen and oxygen atoms in total. The van der Waals surface area contributed by atoms with Crippen LogP contribution in [-0.2, 0) is 6.18 Å². The molecule has 0 aliphatic rings. The summed E-state index contributed by atoms with van der Waals surface area (Å²) in [5.41, 5.74) is -0.0360. The second kappa shape index (κ2) is 4.77. The molecule has 1 rings (SSSR count). The van der Waals surface area contributed by atoms with Crippen LogP contribution in [0.4, 0.5) is 18.9 Å². The third kappa shape index (κ3) is 3.28. The Kier molecular flexibility index (Phi) is 4.56. The van der Waals surface area contributed by atoms with Crippen molar-refractivity contribution < 1.29 is 32.0 Å². The average Bonchev–Trinajstić information content (AvgIpc) is 2.03. The van der Waals surface area contributed by atoms with Gasteiger partial charge in [-0.15, -0.1) is 6.07 Å². The summed E-state index contributed by atoms with van der Waals surface area (Å²) in [5, 5.41) is 0. The molecule has 0 amide bonds. The van der Waals surface area contributed by atoms with E-state index in [9.17, 15) is 13.2 Å². The first-order valence-electron chi connectivity index (χ1n) is 3.67. The van der Waals surface area contributed by atoms with Gasteiger partial charge in [0.1, 0.15) is 0 Å². The maximum atomic E-state index is 12.1. The van der Waals surface area contributed by atoms with Gasteiger partial charge in [0.25, 0.3) is 0 Å². The van der Waals surface area contributed by atoms with Crippen LogP contribution >= 0.6 is 0 Å². The molecular formula is C9H9F3LiN. The van der Waals surface area contributed by atoms with E-state index in [1.807, 2.05) is 0 Å². The Morgan fingerprint density at radius 2 is 1.79 bits per heavy atom. The monoisotopic (exact) mass is 195 g/mol. The number of hydrogen-bond donors (Lipinski definition) is 0. The molecule has 0 fully saturated rings. The van der Waals surface area contributed by atoms with Crippen molar-refractivity contribution in [3.05, 3.63) is 29.8 Å². The molecule has 0 unspecified atom stereocenters. The predicted octanol–water partition coefficient (Wildman–Crippen LogP) is -0.424. The fourth-order valence-electron chi connectivity index (χ4n) is 0.871. The van der Waals surface area contributed by atoms with Crippen molar-refractivity contribution >= 4 is 5.69 Å². The van der Waals surface area contributed by atoms with Crippen LogP contribution in [0, 0.1) is 6.07 Å². The van der Waals surface area contributed by atoms with Crippen molar-refractivity contribution in [2.24, 2.45) is 0 Å². The summed E-state index contributed by atoms with van der Waals surface area (Å²) in [4.78, 5) is 1.72.